The molecule has 0 aliphatic heterocycles. The number of aryl methyl sites for hydroxylation is 1. The quantitative estimate of drug-likeness (QED) is 0.732. The van der Waals surface area contributed by atoms with Gasteiger partial charge in [-0.05, 0) is 25.1 Å². The molecule has 1 N–H and O–H groups in total. The van der Waals surface area contributed by atoms with Crippen molar-refractivity contribution < 1.29 is 9.13 Å². The minimum atomic E-state index is -0.532. The van der Waals surface area contributed by atoms with Crippen molar-refractivity contribution in [3.8, 4) is 17.7 Å². The van der Waals surface area contributed by atoms with Crippen molar-refractivity contribution in [1.82, 2.24) is 15.0 Å². The Bertz CT molecular complexity index is 885. The fourth-order valence-electron chi connectivity index (χ4n) is 1.99. The normalized spacial score (nSPS) is 10.6. The molecule has 0 bridgehead atoms. The van der Waals surface area contributed by atoms with Crippen LogP contribution in [0.3, 0.4) is 0 Å². The molecule has 0 aliphatic rings. The maximum absolute atomic E-state index is 14.4. The summed E-state index contributed by atoms with van der Waals surface area (Å²) in [6.07, 6.45) is 1.15. The number of fused-ring (bicyclic) bond motifs is 1. The van der Waals surface area contributed by atoms with E-state index in [0.29, 0.717) is 10.9 Å². The van der Waals surface area contributed by atoms with E-state index in [1.54, 1.807) is 12.1 Å². The molecule has 0 unspecified atom stereocenters. The molecule has 7 heteroatoms. The lowest BCUT2D eigenvalue weighted by molar-refractivity contribution is 0.428. The van der Waals surface area contributed by atoms with Gasteiger partial charge in [-0.25, -0.2) is 14.4 Å². The Kier molecular flexibility index (Phi) is 3.20. The number of aromatic nitrogens is 3. The highest BCUT2D eigenvalue weighted by Gasteiger charge is 2.16. The molecule has 3 rings (SSSR count). The lowest BCUT2D eigenvalue weighted by Gasteiger charge is -2.07. The van der Waals surface area contributed by atoms with Crippen LogP contribution in [0.2, 0.25) is 5.15 Å². The first-order chi connectivity index (χ1) is 10.1. The molecule has 3 aromatic rings. The number of H-pyrrole nitrogens is 1. The van der Waals surface area contributed by atoms with Gasteiger partial charge in [-0.15, -0.1) is 0 Å². The summed E-state index contributed by atoms with van der Waals surface area (Å²) >= 11 is 5.78. The summed E-state index contributed by atoms with van der Waals surface area (Å²) in [5.41, 5.74) is 1.46. The van der Waals surface area contributed by atoms with Gasteiger partial charge in [0.2, 0.25) is 5.88 Å². The van der Waals surface area contributed by atoms with Gasteiger partial charge < -0.3 is 9.72 Å². The molecular weight excluding hydrogens is 295 g/mol. The van der Waals surface area contributed by atoms with Gasteiger partial charge >= 0.3 is 0 Å². The molecule has 21 heavy (non-hydrogen) atoms. The molecule has 0 fully saturated rings. The molecule has 1 aromatic carbocycles. The Morgan fingerprint density at radius 1 is 1.38 bits per heavy atom. The van der Waals surface area contributed by atoms with Gasteiger partial charge in [-0.1, -0.05) is 11.6 Å². The van der Waals surface area contributed by atoms with Crippen molar-refractivity contribution >= 4 is 22.5 Å². The van der Waals surface area contributed by atoms with E-state index in [1.807, 2.05) is 13.0 Å². The van der Waals surface area contributed by atoms with E-state index in [0.717, 1.165) is 12.0 Å². The Morgan fingerprint density at radius 2 is 2.19 bits per heavy atom. The molecule has 2 aromatic heterocycles. The van der Waals surface area contributed by atoms with E-state index in [2.05, 4.69) is 15.0 Å². The van der Waals surface area contributed by atoms with Crippen LogP contribution in [0.1, 0.15) is 11.3 Å². The molecule has 5 nitrogen and oxygen atoms in total. The second kappa shape index (κ2) is 5.04. The minimum Gasteiger partial charge on any atom is -0.434 e. The fourth-order valence-corrected chi connectivity index (χ4v) is 2.16. The van der Waals surface area contributed by atoms with Gasteiger partial charge in [0.05, 0.1) is 0 Å². The molecule has 0 radical (unpaired) electrons. The Morgan fingerprint density at radius 3 is 2.95 bits per heavy atom. The number of nitriles is 1. The molecule has 2 heterocycles. The summed E-state index contributed by atoms with van der Waals surface area (Å²) < 4.78 is 19.8. The zero-order valence-corrected chi connectivity index (χ0v) is 11.6. The van der Waals surface area contributed by atoms with E-state index in [-0.39, 0.29) is 22.3 Å². The first kappa shape index (κ1) is 13.3. The second-order valence-electron chi connectivity index (χ2n) is 4.35. The van der Waals surface area contributed by atoms with Crippen molar-refractivity contribution in [3.63, 3.8) is 0 Å². The highest BCUT2D eigenvalue weighted by Crippen LogP contribution is 2.31. The molecule has 0 atom stereocenters. The molecular formula is C14H8ClFN4O. The molecule has 0 aliphatic carbocycles. The number of aromatic amines is 1. The molecule has 0 saturated carbocycles. The first-order valence-corrected chi connectivity index (χ1v) is 6.34. The van der Waals surface area contributed by atoms with E-state index in [1.165, 1.54) is 6.07 Å². The second-order valence-corrected chi connectivity index (χ2v) is 4.71. The number of nitrogens with one attached hydrogen (secondary N) is 1. The predicted octanol–water partition coefficient (Wildman–Crippen LogP) is 3.72. The van der Waals surface area contributed by atoms with E-state index in [4.69, 9.17) is 21.6 Å². The monoisotopic (exact) mass is 302 g/mol. The number of hydrogen-bond donors (Lipinski definition) is 1. The van der Waals surface area contributed by atoms with Crippen molar-refractivity contribution in [2.75, 3.05) is 0 Å². The summed E-state index contributed by atoms with van der Waals surface area (Å²) in [4.78, 5) is 10.5. The van der Waals surface area contributed by atoms with Crippen molar-refractivity contribution in [2.45, 2.75) is 6.92 Å². The van der Waals surface area contributed by atoms with Crippen LogP contribution in [0, 0.1) is 24.1 Å². The highest BCUT2D eigenvalue weighted by molar-refractivity contribution is 6.30. The molecule has 0 saturated heterocycles. The van der Waals surface area contributed by atoms with Crippen LogP contribution in [-0.2, 0) is 0 Å². The van der Waals surface area contributed by atoms with Crippen molar-refractivity contribution in [3.05, 3.63) is 46.8 Å². The van der Waals surface area contributed by atoms with Gasteiger partial charge in [0.1, 0.15) is 12.4 Å². The predicted molar refractivity (Wildman–Crippen MR) is 74.8 cm³/mol. The van der Waals surface area contributed by atoms with Crippen molar-refractivity contribution in [1.29, 1.82) is 5.26 Å². The van der Waals surface area contributed by atoms with Gasteiger partial charge in [0, 0.05) is 16.6 Å². The van der Waals surface area contributed by atoms with Gasteiger partial charge in [-0.2, -0.15) is 5.26 Å². The number of benzene rings is 1. The standard InChI is InChI=1S/C14H8ClFN4O/c1-7-4-8-10(20-7)2-3-11(12(8)16)21-14-9(5-17)13(15)18-6-19-14/h2-4,6,20H,1H3. The zero-order chi connectivity index (χ0) is 15.0. The molecule has 104 valence electrons. The van der Waals surface area contributed by atoms with Crippen molar-refractivity contribution in [2.24, 2.45) is 0 Å². The van der Waals surface area contributed by atoms with Crippen LogP contribution in [0.15, 0.2) is 24.5 Å². The molecule has 0 spiro atoms. The van der Waals surface area contributed by atoms with E-state index >= 15 is 0 Å². The van der Waals surface area contributed by atoms with Crippen LogP contribution in [0.25, 0.3) is 10.9 Å². The summed E-state index contributed by atoms with van der Waals surface area (Å²) in [6.45, 7) is 1.83. The maximum Gasteiger partial charge on any atom is 0.242 e. The average Bonchev–Trinajstić information content (AvgIpc) is 2.84. The SMILES string of the molecule is Cc1cc2c(F)c(Oc3ncnc(Cl)c3C#N)ccc2[nH]1. The lowest BCUT2D eigenvalue weighted by atomic mass is 10.2. The van der Waals surface area contributed by atoms with Crippen LogP contribution >= 0.6 is 11.6 Å². The van der Waals surface area contributed by atoms with Crippen LogP contribution in [0.4, 0.5) is 4.39 Å². The number of rotatable bonds is 2. The van der Waals surface area contributed by atoms with Gasteiger partial charge in [-0.3, -0.25) is 0 Å². The summed E-state index contributed by atoms with van der Waals surface area (Å²) in [7, 11) is 0. The largest absolute Gasteiger partial charge is 0.434 e. The summed E-state index contributed by atoms with van der Waals surface area (Å²) in [5, 5.41) is 9.39. The highest BCUT2D eigenvalue weighted by atomic mass is 35.5. The topological polar surface area (TPSA) is 74.6 Å². The fraction of sp³-hybridized carbons (Fsp3) is 0.0714. The zero-order valence-electron chi connectivity index (χ0n) is 10.8. The van der Waals surface area contributed by atoms with Crippen LogP contribution in [0.5, 0.6) is 11.6 Å². The van der Waals surface area contributed by atoms with E-state index < -0.39 is 5.82 Å². The van der Waals surface area contributed by atoms with E-state index in [9.17, 15) is 4.39 Å². The number of hydrogen-bond acceptors (Lipinski definition) is 4. The molecule has 0 amide bonds. The van der Waals surface area contributed by atoms with Gasteiger partial charge in [0.15, 0.2) is 22.3 Å². The third-order valence-corrected chi connectivity index (χ3v) is 3.21. The Balaban J connectivity index is 2.09. The third-order valence-electron chi connectivity index (χ3n) is 2.92. The number of ether oxygens (including phenoxy) is 1. The first-order valence-electron chi connectivity index (χ1n) is 5.96. The summed E-state index contributed by atoms with van der Waals surface area (Å²) in [5.74, 6) is -0.647. The lowest BCUT2D eigenvalue weighted by Crippen LogP contribution is -1.96. The Labute approximate surface area is 124 Å². The maximum atomic E-state index is 14.4. The Hall–Kier alpha value is -2.65. The summed E-state index contributed by atoms with van der Waals surface area (Å²) in [6, 6.07) is 6.66. The van der Waals surface area contributed by atoms with Crippen LogP contribution in [-0.4, -0.2) is 15.0 Å². The number of halogens is 2. The third kappa shape index (κ3) is 2.28. The number of nitrogens with zero attached hydrogens (tertiary/aromatic N) is 3. The minimum absolute atomic E-state index is 0.0345. The van der Waals surface area contributed by atoms with Crippen LogP contribution < -0.4 is 4.74 Å². The smallest absolute Gasteiger partial charge is 0.242 e. The van der Waals surface area contributed by atoms with Gasteiger partial charge in [0.25, 0.3) is 0 Å². The average molecular weight is 303 g/mol.